The summed E-state index contributed by atoms with van der Waals surface area (Å²) in [4.78, 5) is 4.13. The fourth-order valence-electron chi connectivity index (χ4n) is 2.41. The van der Waals surface area contributed by atoms with Gasteiger partial charge in [0.2, 0.25) is 0 Å². The number of aromatic nitrogens is 2. The molecule has 1 aliphatic rings. The van der Waals surface area contributed by atoms with Gasteiger partial charge < -0.3 is 9.88 Å². The predicted octanol–water partition coefficient (Wildman–Crippen LogP) is 2.48. The Kier molecular flexibility index (Phi) is 3.33. The monoisotopic (exact) mass is 221 g/mol. The summed E-state index contributed by atoms with van der Waals surface area (Å²) in [6, 6.07) is 0.697. The number of hydrogen-bond acceptors (Lipinski definition) is 2. The van der Waals surface area contributed by atoms with E-state index in [2.05, 4.69) is 28.7 Å². The Morgan fingerprint density at radius 1 is 1.44 bits per heavy atom. The molecule has 0 spiro atoms. The van der Waals surface area contributed by atoms with Crippen LogP contribution in [0, 0.1) is 5.41 Å². The molecule has 0 amide bonds. The van der Waals surface area contributed by atoms with Crippen LogP contribution in [-0.2, 0) is 13.6 Å². The zero-order chi connectivity index (χ0) is 11.6. The number of rotatable bonds is 3. The lowest BCUT2D eigenvalue weighted by Crippen LogP contribution is -2.35. The molecule has 1 N–H and O–H groups in total. The summed E-state index contributed by atoms with van der Waals surface area (Å²) in [6.45, 7) is 5.70. The third kappa shape index (κ3) is 2.85. The van der Waals surface area contributed by atoms with Crippen LogP contribution >= 0.6 is 0 Å². The van der Waals surface area contributed by atoms with Crippen LogP contribution in [0.15, 0.2) is 12.5 Å². The topological polar surface area (TPSA) is 29.9 Å². The lowest BCUT2D eigenvalue weighted by atomic mass is 9.75. The summed E-state index contributed by atoms with van der Waals surface area (Å²) in [5.41, 5.74) is 1.83. The van der Waals surface area contributed by atoms with E-state index in [9.17, 15) is 0 Å². The smallest absolute Gasteiger partial charge is 0.0945 e. The molecule has 1 aromatic heterocycles. The molecule has 0 bridgehead atoms. The van der Waals surface area contributed by atoms with Gasteiger partial charge in [-0.3, -0.25) is 0 Å². The van der Waals surface area contributed by atoms with Crippen molar-refractivity contribution in [2.75, 3.05) is 0 Å². The van der Waals surface area contributed by atoms with Gasteiger partial charge in [0, 0.05) is 25.8 Å². The van der Waals surface area contributed by atoms with Gasteiger partial charge in [-0.2, -0.15) is 0 Å². The summed E-state index contributed by atoms with van der Waals surface area (Å²) in [5, 5.41) is 3.64. The van der Waals surface area contributed by atoms with E-state index in [0.29, 0.717) is 11.5 Å². The van der Waals surface area contributed by atoms with E-state index in [0.717, 1.165) is 6.54 Å². The standard InChI is InChI=1S/C13H23N3/c1-13(2)6-4-11(5-7-13)15-9-12-8-14-10-16(12)3/h8,10-11,15H,4-7,9H2,1-3H3. The van der Waals surface area contributed by atoms with Crippen LogP contribution in [-0.4, -0.2) is 15.6 Å². The van der Waals surface area contributed by atoms with E-state index in [4.69, 9.17) is 0 Å². The van der Waals surface area contributed by atoms with E-state index in [1.165, 1.54) is 31.4 Å². The highest BCUT2D eigenvalue weighted by atomic mass is 15.0. The van der Waals surface area contributed by atoms with Gasteiger partial charge >= 0.3 is 0 Å². The van der Waals surface area contributed by atoms with E-state index >= 15 is 0 Å². The van der Waals surface area contributed by atoms with E-state index in [1.807, 2.05) is 19.6 Å². The fraction of sp³-hybridized carbons (Fsp3) is 0.769. The van der Waals surface area contributed by atoms with Gasteiger partial charge in [0.15, 0.2) is 0 Å². The van der Waals surface area contributed by atoms with Crippen molar-refractivity contribution < 1.29 is 0 Å². The highest BCUT2D eigenvalue weighted by Crippen LogP contribution is 2.34. The molecule has 2 rings (SSSR count). The second-order valence-corrected chi connectivity index (χ2v) is 5.82. The summed E-state index contributed by atoms with van der Waals surface area (Å²) >= 11 is 0. The second-order valence-electron chi connectivity index (χ2n) is 5.82. The highest BCUT2D eigenvalue weighted by Gasteiger charge is 2.26. The average molecular weight is 221 g/mol. The Labute approximate surface area is 98.3 Å². The number of aryl methyl sites for hydroxylation is 1. The summed E-state index contributed by atoms with van der Waals surface area (Å²) < 4.78 is 2.08. The second kappa shape index (κ2) is 4.58. The predicted molar refractivity (Wildman–Crippen MR) is 66.1 cm³/mol. The Morgan fingerprint density at radius 2 is 2.12 bits per heavy atom. The third-order valence-electron chi connectivity index (χ3n) is 3.83. The zero-order valence-corrected chi connectivity index (χ0v) is 10.7. The maximum absolute atomic E-state index is 4.13. The molecule has 0 aromatic carbocycles. The Bertz CT molecular complexity index is 331. The molecular formula is C13H23N3. The maximum Gasteiger partial charge on any atom is 0.0945 e. The van der Waals surface area contributed by atoms with Crippen LogP contribution in [0.3, 0.4) is 0 Å². The number of hydrogen-bond donors (Lipinski definition) is 1. The molecule has 1 aliphatic carbocycles. The SMILES string of the molecule is Cn1cncc1CNC1CCC(C)(C)CC1. The van der Waals surface area contributed by atoms with Crippen molar-refractivity contribution in [3.63, 3.8) is 0 Å². The minimum Gasteiger partial charge on any atom is -0.337 e. The summed E-state index contributed by atoms with van der Waals surface area (Å²) in [5.74, 6) is 0. The van der Waals surface area contributed by atoms with E-state index in [1.54, 1.807) is 0 Å². The first kappa shape index (κ1) is 11.6. The van der Waals surface area contributed by atoms with Gasteiger partial charge in [0.1, 0.15) is 0 Å². The summed E-state index contributed by atoms with van der Waals surface area (Å²) in [6.07, 6.45) is 9.11. The normalized spacial score (nSPS) is 21.2. The third-order valence-corrected chi connectivity index (χ3v) is 3.83. The van der Waals surface area contributed by atoms with Gasteiger partial charge in [-0.05, 0) is 31.1 Å². The van der Waals surface area contributed by atoms with Gasteiger partial charge in [0.25, 0.3) is 0 Å². The van der Waals surface area contributed by atoms with E-state index < -0.39 is 0 Å². The molecule has 0 atom stereocenters. The van der Waals surface area contributed by atoms with Gasteiger partial charge in [0.05, 0.1) is 12.0 Å². The van der Waals surface area contributed by atoms with Crippen molar-refractivity contribution in [3.05, 3.63) is 18.2 Å². The van der Waals surface area contributed by atoms with Gasteiger partial charge in [-0.15, -0.1) is 0 Å². The molecule has 1 heterocycles. The van der Waals surface area contributed by atoms with Crippen molar-refractivity contribution in [3.8, 4) is 0 Å². The minimum absolute atomic E-state index is 0.560. The first-order chi connectivity index (χ1) is 7.57. The van der Waals surface area contributed by atoms with Crippen molar-refractivity contribution in [1.29, 1.82) is 0 Å². The summed E-state index contributed by atoms with van der Waals surface area (Å²) in [7, 11) is 2.05. The molecule has 0 radical (unpaired) electrons. The van der Waals surface area contributed by atoms with Crippen LogP contribution in [0.4, 0.5) is 0 Å². The minimum atomic E-state index is 0.560. The molecule has 1 aromatic rings. The quantitative estimate of drug-likeness (QED) is 0.850. The van der Waals surface area contributed by atoms with Crippen molar-refractivity contribution >= 4 is 0 Å². The largest absolute Gasteiger partial charge is 0.337 e. The molecule has 0 saturated heterocycles. The molecule has 3 nitrogen and oxygen atoms in total. The molecule has 1 fully saturated rings. The van der Waals surface area contributed by atoms with Crippen LogP contribution in [0.1, 0.15) is 45.2 Å². The first-order valence-electron chi connectivity index (χ1n) is 6.25. The van der Waals surface area contributed by atoms with Crippen LogP contribution in [0.5, 0.6) is 0 Å². The number of nitrogens with zero attached hydrogens (tertiary/aromatic N) is 2. The first-order valence-corrected chi connectivity index (χ1v) is 6.25. The Balaban J connectivity index is 1.78. The molecule has 3 heteroatoms. The Hall–Kier alpha value is -0.830. The lowest BCUT2D eigenvalue weighted by molar-refractivity contribution is 0.205. The molecular weight excluding hydrogens is 198 g/mol. The Morgan fingerprint density at radius 3 is 2.69 bits per heavy atom. The molecule has 0 aliphatic heterocycles. The van der Waals surface area contributed by atoms with Gasteiger partial charge in [-0.25, -0.2) is 4.98 Å². The molecule has 16 heavy (non-hydrogen) atoms. The average Bonchev–Trinajstić information content (AvgIpc) is 2.63. The van der Waals surface area contributed by atoms with Crippen LogP contribution < -0.4 is 5.32 Å². The van der Waals surface area contributed by atoms with Gasteiger partial charge in [-0.1, -0.05) is 13.8 Å². The number of imidazole rings is 1. The molecule has 1 saturated carbocycles. The van der Waals surface area contributed by atoms with Crippen LogP contribution in [0.25, 0.3) is 0 Å². The molecule has 90 valence electrons. The zero-order valence-electron chi connectivity index (χ0n) is 10.7. The fourth-order valence-corrected chi connectivity index (χ4v) is 2.41. The van der Waals surface area contributed by atoms with Crippen LogP contribution in [0.2, 0.25) is 0 Å². The maximum atomic E-state index is 4.13. The van der Waals surface area contributed by atoms with Crippen molar-refractivity contribution in [2.24, 2.45) is 12.5 Å². The van der Waals surface area contributed by atoms with Crippen molar-refractivity contribution in [2.45, 2.75) is 52.1 Å². The van der Waals surface area contributed by atoms with E-state index in [-0.39, 0.29) is 0 Å². The molecule has 0 unspecified atom stereocenters. The number of nitrogens with one attached hydrogen (secondary N) is 1. The van der Waals surface area contributed by atoms with Crippen molar-refractivity contribution in [1.82, 2.24) is 14.9 Å². The lowest BCUT2D eigenvalue weighted by Gasteiger charge is -2.34. The highest BCUT2D eigenvalue weighted by molar-refractivity contribution is 4.97.